The lowest BCUT2D eigenvalue weighted by Crippen LogP contribution is -2.21. The fourth-order valence-corrected chi connectivity index (χ4v) is 0.926. The average Bonchev–Trinajstić information content (AvgIpc) is 2.17. The number of aryl methyl sites for hydroxylation is 1. The molecular formula is C6H9F2N3O. The van der Waals surface area contributed by atoms with E-state index >= 15 is 0 Å². The summed E-state index contributed by atoms with van der Waals surface area (Å²) in [4.78, 5) is 11.0. The molecule has 4 nitrogen and oxygen atoms in total. The van der Waals surface area contributed by atoms with E-state index in [0.29, 0.717) is 0 Å². The first kappa shape index (κ1) is 8.89. The van der Waals surface area contributed by atoms with Gasteiger partial charge in [-0.2, -0.15) is 5.10 Å². The lowest BCUT2D eigenvalue weighted by atomic mass is 10.4. The van der Waals surface area contributed by atoms with Crippen LogP contribution in [0.5, 0.6) is 0 Å². The van der Waals surface area contributed by atoms with Crippen molar-refractivity contribution in [1.82, 2.24) is 14.3 Å². The summed E-state index contributed by atoms with van der Waals surface area (Å²) < 4.78 is 25.9. The highest BCUT2D eigenvalue weighted by atomic mass is 19.3. The molecule has 1 aromatic heterocycles. The molecule has 68 valence electrons. The van der Waals surface area contributed by atoms with E-state index in [4.69, 9.17) is 0 Å². The van der Waals surface area contributed by atoms with Crippen molar-refractivity contribution in [2.45, 2.75) is 12.8 Å². The average molecular weight is 177 g/mol. The topological polar surface area (TPSA) is 39.8 Å². The Kier molecular flexibility index (Phi) is 2.25. The molecule has 12 heavy (non-hydrogen) atoms. The summed E-state index contributed by atoms with van der Waals surface area (Å²) in [7, 11) is 2.85. The Morgan fingerprint density at radius 1 is 1.50 bits per heavy atom. The van der Waals surface area contributed by atoms with Crippen LogP contribution in [0.15, 0.2) is 4.79 Å². The molecule has 0 amide bonds. The number of rotatable bonds is 2. The minimum Gasteiger partial charge on any atom is -0.282 e. The van der Waals surface area contributed by atoms with E-state index in [1.807, 2.05) is 0 Å². The molecule has 0 spiro atoms. The van der Waals surface area contributed by atoms with Gasteiger partial charge in [-0.15, -0.1) is 0 Å². The lowest BCUT2D eigenvalue weighted by molar-refractivity contribution is 0.145. The Balaban J connectivity index is 3.02. The molecule has 0 aliphatic rings. The van der Waals surface area contributed by atoms with Gasteiger partial charge in [-0.25, -0.2) is 18.3 Å². The highest BCUT2D eigenvalue weighted by Crippen LogP contribution is 2.00. The van der Waals surface area contributed by atoms with Crippen LogP contribution in [-0.2, 0) is 20.5 Å². The quantitative estimate of drug-likeness (QED) is 0.634. The first-order valence-electron chi connectivity index (χ1n) is 3.39. The second-order valence-corrected chi connectivity index (χ2v) is 2.48. The van der Waals surface area contributed by atoms with Crippen molar-refractivity contribution in [3.8, 4) is 0 Å². The molecule has 0 fully saturated rings. The van der Waals surface area contributed by atoms with E-state index in [1.54, 1.807) is 0 Å². The van der Waals surface area contributed by atoms with Crippen molar-refractivity contribution in [3.63, 3.8) is 0 Å². The van der Waals surface area contributed by atoms with Crippen LogP contribution >= 0.6 is 0 Å². The molecule has 0 radical (unpaired) electrons. The van der Waals surface area contributed by atoms with Crippen molar-refractivity contribution < 1.29 is 8.78 Å². The van der Waals surface area contributed by atoms with Crippen LogP contribution < -0.4 is 5.69 Å². The van der Waals surface area contributed by atoms with Gasteiger partial charge in [0.05, 0.1) is 6.42 Å². The number of nitrogens with zero attached hydrogens (tertiary/aromatic N) is 3. The summed E-state index contributed by atoms with van der Waals surface area (Å²) in [5, 5.41) is 3.64. The van der Waals surface area contributed by atoms with Crippen molar-refractivity contribution in [2.24, 2.45) is 14.1 Å². The van der Waals surface area contributed by atoms with Crippen LogP contribution in [0.3, 0.4) is 0 Å². The summed E-state index contributed by atoms with van der Waals surface area (Å²) in [6.07, 6.45) is -2.95. The van der Waals surface area contributed by atoms with E-state index in [9.17, 15) is 13.6 Å². The molecule has 1 rings (SSSR count). The Labute approximate surface area is 67.4 Å². The van der Waals surface area contributed by atoms with Gasteiger partial charge >= 0.3 is 5.69 Å². The number of hydrogen-bond acceptors (Lipinski definition) is 2. The van der Waals surface area contributed by atoms with E-state index in [0.717, 1.165) is 9.25 Å². The zero-order valence-electron chi connectivity index (χ0n) is 6.79. The van der Waals surface area contributed by atoms with E-state index in [-0.39, 0.29) is 11.5 Å². The van der Waals surface area contributed by atoms with Gasteiger partial charge in [-0.1, -0.05) is 0 Å². The standard InChI is InChI=1S/C6H9F2N3O/c1-10-5(3-4(7)8)9-11(2)6(10)12/h4H,3H2,1-2H3. The van der Waals surface area contributed by atoms with Crippen LogP contribution in [0.1, 0.15) is 5.82 Å². The fourth-order valence-electron chi connectivity index (χ4n) is 0.926. The Morgan fingerprint density at radius 2 is 2.08 bits per heavy atom. The van der Waals surface area contributed by atoms with Gasteiger partial charge in [0.25, 0.3) is 0 Å². The summed E-state index contributed by atoms with van der Waals surface area (Å²) in [5.74, 6) is 0.109. The highest BCUT2D eigenvalue weighted by Gasteiger charge is 2.12. The SMILES string of the molecule is Cn1nc(CC(F)F)n(C)c1=O. The maximum atomic E-state index is 11.9. The van der Waals surface area contributed by atoms with Crippen molar-refractivity contribution >= 4 is 0 Å². The molecule has 0 N–H and O–H groups in total. The second-order valence-electron chi connectivity index (χ2n) is 2.48. The summed E-state index contributed by atoms with van der Waals surface area (Å²) in [6, 6.07) is 0. The monoisotopic (exact) mass is 177 g/mol. The molecule has 0 unspecified atom stereocenters. The maximum Gasteiger partial charge on any atom is 0.345 e. The lowest BCUT2D eigenvalue weighted by Gasteiger charge is -1.96. The summed E-state index contributed by atoms with van der Waals surface area (Å²) in [6.45, 7) is 0. The van der Waals surface area contributed by atoms with E-state index in [2.05, 4.69) is 5.10 Å². The Hall–Kier alpha value is -1.20. The van der Waals surface area contributed by atoms with Crippen LogP contribution in [0, 0.1) is 0 Å². The Bertz CT molecular complexity index is 328. The molecule has 1 heterocycles. The predicted octanol–water partition coefficient (Wildman–Crippen LogP) is -0.0736. The smallest absolute Gasteiger partial charge is 0.282 e. The van der Waals surface area contributed by atoms with Crippen molar-refractivity contribution in [2.75, 3.05) is 0 Å². The maximum absolute atomic E-state index is 11.9. The number of alkyl halides is 2. The van der Waals surface area contributed by atoms with E-state index < -0.39 is 12.8 Å². The minimum atomic E-state index is -2.47. The molecule has 6 heteroatoms. The largest absolute Gasteiger partial charge is 0.345 e. The second kappa shape index (κ2) is 3.04. The third-order valence-electron chi connectivity index (χ3n) is 1.55. The molecule has 0 bridgehead atoms. The fraction of sp³-hybridized carbons (Fsp3) is 0.667. The molecule has 0 atom stereocenters. The molecule has 1 aromatic rings. The zero-order valence-corrected chi connectivity index (χ0v) is 6.79. The van der Waals surface area contributed by atoms with Gasteiger partial charge in [0, 0.05) is 14.1 Å². The molecular weight excluding hydrogens is 168 g/mol. The number of hydrogen-bond donors (Lipinski definition) is 0. The third-order valence-corrected chi connectivity index (χ3v) is 1.55. The van der Waals surface area contributed by atoms with Crippen LogP contribution in [0.2, 0.25) is 0 Å². The van der Waals surface area contributed by atoms with Gasteiger partial charge in [0.1, 0.15) is 5.82 Å². The van der Waals surface area contributed by atoms with Crippen LogP contribution in [0.4, 0.5) is 8.78 Å². The van der Waals surface area contributed by atoms with Crippen molar-refractivity contribution in [1.29, 1.82) is 0 Å². The number of halogens is 2. The van der Waals surface area contributed by atoms with Crippen molar-refractivity contribution in [3.05, 3.63) is 16.3 Å². The highest BCUT2D eigenvalue weighted by molar-refractivity contribution is 4.86. The molecule has 0 aliphatic carbocycles. The minimum absolute atomic E-state index is 0.109. The van der Waals surface area contributed by atoms with Crippen LogP contribution in [-0.4, -0.2) is 20.8 Å². The van der Waals surface area contributed by atoms with Gasteiger partial charge in [0.15, 0.2) is 0 Å². The Morgan fingerprint density at radius 3 is 2.42 bits per heavy atom. The van der Waals surface area contributed by atoms with Gasteiger partial charge in [-0.05, 0) is 0 Å². The molecule has 0 saturated carbocycles. The first-order chi connectivity index (χ1) is 5.52. The normalized spacial score (nSPS) is 11.1. The third kappa shape index (κ3) is 1.51. The van der Waals surface area contributed by atoms with Crippen LogP contribution in [0.25, 0.3) is 0 Å². The predicted molar refractivity (Wildman–Crippen MR) is 38.2 cm³/mol. The molecule has 0 saturated heterocycles. The molecule has 0 aliphatic heterocycles. The van der Waals surface area contributed by atoms with Gasteiger partial charge in [-0.3, -0.25) is 4.57 Å². The molecule has 0 aromatic carbocycles. The van der Waals surface area contributed by atoms with Gasteiger partial charge in [0.2, 0.25) is 6.43 Å². The van der Waals surface area contributed by atoms with Gasteiger partial charge < -0.3 is 0 Å². The zero-order chi connectivity index (χ0) is 9.30. The number of aromatic nitrogens is 3. The summed E-state index contributed by atoms with van der Waals surface area (Å²) in [5.41, 5.74) is -0.384. The summed E-state index contributed by atoms with van der Waals surface area (Å²) >= 11 is 0. The van der Waals surface area contributed by atoms with E-state index in [1.165, 1.54) is 14.1 Å². The first-order valence-corrected chi connectivity index (χ1v) is 3.39.